The highest BCUT2D eigenvalue weighted by Crippen LogP contribution is 2.46. The number of hydrogen-bond acceptors (Lipinski definition) is 4. The van der Waals surface area contributed by atoms with Gasteiger partial charge in [0, 0.05) is 19.9 Å². The predicted octanol–water partition coefficient (Wildman–Crippen LogP) is 5.21. The van der Waals surface area contributed by atoms with Gasteiger partial charge < -0.3 is 4.74 Å². The molecule has 1 fully saturated rings. The van der Waals surface area contributed by atoms with Crippen molar-refractivity contribution < 1.29 is 14.2 Å². The second-order valence-corrected chi connectivity index (χ2v) is 11.0. The van der Waals surface area contributed by atoms with Crippen LogP contribution in [0.15, 0.2) is 0 Å². The number of hydroxylamine groups is 2. The van der Waals surface area contributed by atoms with Crippen LogP contribution >= 0.6 is 17.4 Å². The molecular weight excluding hydrogens is 352 g/mol. The van der Waals surface area contributed by atoms with Crippen LogP contribution in [0.5, 0.6) is 0 Å². The lowest BCUT2D eigenvalue weighted by Gasteiger charge is -2.53. The van der Waals surface area contributed by atoms with E-state index < -0.39 is 0 Å². The van der Waals surface area contributed by atoms with E-state index in [4.69, 9.17) is 9.36 Å². The van der Waals surface area contributed by atoms with Crippen molar-refractivity contribution in [1.82, 2.24) is 5.06 Å². The Balaban J connectivity index is 2.56. The molecule has 1 rings (SSSR count). The van der Waals surface area contributed by atoms with E-state index in [2.05, 4.69) is 60.2 Å². The molecule has 25 heavy (non-hydrogen) atoms. The molecule has 0 saturated carbocycles. The summed E-state index contributed by atoms with van der Waals surface area (Å²) >= 11 is 0. The highest BCUT2D eigenvalue weighted by Gasteiger charge is 2.46. The molecule has 1 aliphatic rings. The zero-order chi connectivity index (χ0) is 19.3. The first-order valence-corrected chi connectivity index (χ1v) is 12.3. The summed E-state index contributed by atoms with van der Waals surface area (Å²) in [5, 5.41) is 2.19. The highest BCUT2D eigenvalue weighted by atomic mass is 31.1. The Morgan fingerprint density at radius 2 is 1.76 bits per heavy atom. The summed E-state index contributed by atoms with van der Waals surface area (Å²) in [6.07, 6.45) is 4.62. The molecule has 0 aliphatic carbocycles. The number of hydrogen-bond donors (Lipinski definition) is 0. The first-order chi connectivity index (χ1) is 11.5. The van der Waals surface area contributed by atoms with E-state index in [-0.39, 0.29) is 23.2 Å². The van der Waals surface area contributed by atoms with Crippen LogP contribution in [0.25, 0.3) is 0 Å². The minimum absolute atomic E-state index is 0.00404. The van der Waals surface area contributed by atoms with Crippen LogP contribution in [-0.2, 0) is 14.2 Å². The maximum absolute atomic E-state index is 12.3. The molecule has 0 spiro atoms. The molecule has 148 valence electrons. The fourth-order valence-electron chi connectivity index (χ4n) is 4.03. The predicted molar refractivity (Wildman–Crippen MR) is 111 cm³/mol. The lowest BCUT2D eigenvalue weighted by molar-refractivity contribution is -0.208. The van der Waals surface area contributed by atoms with Gasteiger partial charge in [-0.05, 0) is 71.6 Å². The summed E-state index contributed by atoms with van der Waals surface area (Å²) < 4.78 is 11.7. The van der Waals surface area contributed by atoms with E-state index in [1.54, 1.807) is 0 Å². The van der Waals surface area contributed by atoms with E-state index in [1.807, 2.05) is 0 Å². The van der Waals surface area contributed by atoms with Crippen molar-refractivity contribution in [2.75, 3.05) is 12.8 Å². The van der Waals surface area contributed by atoms with Crippen LogP contribution in [0.4, 0.5) is 0 Å². The molecule has 0 aromatic heterocycles. The largest absolute Gasteiger partial charge is 0.462 e. The van der Waals surface area contributed by atoms with Gasteiger partial charge >= 0.3 is 5.97 Å². The van der Waals surface area contributed by atoms with Gasteiger partial charge in [-0.3, -0.25) is 9.42 Å². The molecule has 1 heterocycles. The third-order valence-electron chi connectivity index (χ3n) is 4.80. The van der Waals surface area contributed by atoms with Crippen molar-refractivity contribution in [2.45, 2.75) is 97.0 Å². The average Bonchev–Trinajstić information content (AvgIpc) is 2.47. The van der Waals surface area contributed by atoms with Gasteiger partial charge in [0.05, 0.1) is 6.16 Å². The number of nitrogens with zero attached hydrogens (tertiary/aromatic N) is 1. The molecule has 0 amide bonds. The van der Waals surface area contributed by atoms with Crippen molar-refractivity contribution in [1.29, 1.82) is 0 Å². The zero-order valence-electron chi connectivity index (χ0n) is 17.4. The van der Waals surface area contributed by atoms with E-state index in [9.17, 15) is 4.79 Å². The third kappa shape index (κ3) is 7.41. The molecule has 1 saturated heterocycles. The number of ether oxygens (including phenoxy) is 1. The van der Waals surface area contributed by atoms with Crippen LogP contribution in [0, 0.1) is 5.92 Å². The summed E-state index contributed by atoms with van der Waals surface area (Å²) in [6.45, 7) is 17.5. The summed E-state index contributed by atoms with van der Waals surface area (Å²) in [5.74, 6) is 0.542. The number of carbonyl (C=O) groups is 1. The van der Waals surface area contributed by atoms with Crippen molar-refractivity contribution in [3.05, 3.63) is 0 Å². The molecule has 0 aromatic carbocycles. The van der Waals surface area contributed by atoms with Gasteiger partial charge in [0.25, 0.3) is 0 Å². The quantitative estimate of drug-likeness (QED) is 0.400. The van der Waals surface area contributed by atoms with Gasteiger partial charge in [0.1, 0.15) is 6.10 Å². The van der Waals surface area contributed by atoms with Gasteiger partial charge in [-0.25, -0.2) is 0 Å². The summed E-state index contributed by atoms with van der Waals surface area (Å²) in [7, 11) is 1.09. The molecule has 0 aromatic rings. The molecule has 3 unspecified atom stereocenters. The topological polar surface area (TPSA) is 38.8 Å². The minimum atomic E-state index is -0.0184. The Morgan fingerprint density at radius 1 is 1.20 bits per heavy atom. The molecule has 3 atom stereocenters. The van der Waals surface area contributed by atoms with E-state index in [0.29, 0.717) is 35.1 Å². The molecular formula is C19H39NO3P2. The summed E-state index contributed by atoms with van der Waals surface area (Å²) in [4.78, 5) is 12.3. The number of carbonyl (C=O) groups excluding carboxylic acids is 1. The number of esters is 1. The molecule has 0 bridgehead atoms. The number of piperidine rings is 1. The fraction of sp³-hybridized carbons (Fsp3) is 0.947. The van der Waals surface area contributed by atoms with Gasteiger partial charge in [-0.1, -0.05) is 20.8 Å². The Morgan fingerprint density at radius 3 is 2.20 bits per heavy atom. The van der Waals surface area contributed by atoms with Crippen LogP contribution < -0.4 is 0 Å². The molecule has 4 nitrogen and oxygen atoms in total. The Hall–Kier alpha value is 0.250. The van der Waals surface area contributed by atoms with Crippen molar-refractivity contribution in [3.8, 4) is 0 Å². The SMILES string of the molecule is CCC(CC(C)C)OC(=O)CPC1CC(C)(C)N(OPC)C(C)(C)C1. The van der Waals surface area contributed by atoms with Crippen molar-refractivity contribution in [2.24, 2.45) is 5.92 Å². The number of rotatable bonds is 9. The van der Waals surface area contributed by atoms with Gasteiger partial charge in [-0.2, -0.15) is 5.06 Å². The van der Waals surface area contributed by atoms with Crippen LogP contribution in [0.3, 0.4) is 0 Å². The normalized spacial score (nSPS) is 23.1. The second-order valence-electron chi connectivity index (χ2n) is 8.85. The van der Waals surface area contributed by atoms with E-state index in [0.717, 1.165) is 25.7 Å². The molecule has 1 aliphatic heterocycles. The van der Waals surface area contributed by atoms with Gasteiger partial charge in [-0.15, -0.1) is 8.58 Å². The Bertz CT molecular complexity index is 409. The van der Waals surface area contributed by atoms with Crippen LogP contribution in [0.2, 0.25) is 0 Å². The first-order valence-electron chi connectivity index (χ1n) is 9.58. The Labute approximate surface area is 158 Å². The molecule has 6 heteroatoms. The van der Waals surface area contributed by atoms with Gasteiger partial charge in [0.15, 0.2) is 0 Å². The first kappa shape index (κ1) is 23.3. The standard InChI is InChI=1S/C19H39NO3P2/c1-9-15(10-14(2)3)22-17(21)13-25-16-11-18(4,5)20(23-24-8)19(6,7)12-16/h14-16,24-25H,9-13H2,1-8H3. The second kappa shape index (κ2) is 9.98. The minimum Gasteiger partial charge on any atom is -0.462 e. The van der Waals surface area contributed by atoms with Crippen LogP contribution in [0.1, 0.15) is 74.1 Å². The summed E-state index contributed by atoms with van der Waals surface area (Å²) in [6, 6.07) is 0. The summed E-state index contributed by atoms with van der Waals surface area (Å²) in [5.41, 5.74) is 0.550. The Kier molecular flexibility index (Phi) is 9.29. The third-order valence-corrected chi connectivity index (χ3v) is 6.64. The highest BCUT2D eigenvalue weighted by molar-refractivity contribution is 7.40. The molecule has 0 radical (unpaired) electrons. The maximum atomic E-state index is 12.3. The van der Waals surface area contributed by atoms with Gasteiger partial charge in [0.2, 0.25) is 0 Å². The van der Waals surface area contributed by atoms with Crippen LogP contribution in [-0.4, -0.2) is 46.7 Å². The van der Waals surface area contributed by atoms with Crippen molar-refractivity contribution in [3.63, 3.8) is 0 Å². The van der Waals surface area contributed by atoms with Crippen molar-refractivity contribution >= 4 is 23.4 Å². The maximum Gasteiger partial charge on any atom is 0.310 e. The van der Waals surface area contributed by atoms with E-state index >= 15 is 0 Å². The monoisotopic (exact) mass is 391 g/mol. The zero-order valence-corrected chi connectivity index (χ0v) is 19.4. The molecule has 0 N–H and O–H groups in total. The lowest BCUT2D eigenvalue weighted by Crippen LogP contribution is -2.60. The fourth-order valence-corrected chi connectivity index (χ4v) is 6.53. The lowest BCUT2D eigenvalue weighted by atomic mass is 9.82. The average molecular weight is 391 g/mol. The smallest absolute Gasteiger partial charge is 0.310 e. The van der Waals surface area contributed by atoms with E-state index in [1.165, 1.54) is 0 Å².